The van der Waals surface area contributed by atoms with Crippen molar-refractivity contribution in [3.05, 3.63) is 45.2 Å². The number of aromatic nitrogens is 2. The number of hydrogen-bond donors (Lipinski definition) is 1. The lowest BCUT2D eigenvalue weighted by Crippen LogP contribution is -2.41. The molecule has 1 aromatic carbocycles. The van der Waals surface area contributed by atoms with Crippen LogP contribution in [0.15, 0.2) is 18.3 Å². The molecule has 2 atom stereocenters. The van der Waals surface area contributed by atoms with E-state index in [4.69, 9.17) is 27.9 Å². The largest absolute Gasteiger partial charge is 0.508 e. The molecule has 172 valence electrons. The molecule has 0 spiro atoms. The van der Waals surface area contributed by atoms with Crippen LogP contribution in [0.2, 0.25) is 10.0 Å². The van der Waals surface area contributed by atoms with Crippen LogP contribution in [0.3, 0.4) is 0 Å². The van der Waals surface area contributed by atoms with E-state index in [2.05, 4.69) is 5.10 Å². The molecule has 32 heavy (non-hydrogen) atoms. The number of phenolic OH excluding ortho intramolecular Hbond substituents is 1. The van der Waals surface area contributed by atoms with E-state index in [9.17, 15) is 14.7 Å². The summed E-state index contributed by atoms with van der Waals surface area (Å²) in [6.45, 7) is 6.15. The van der Waals surface area contributed by atoms with Gasteiger partial charge in [0.25, 0.3) is 0 Å². The molecule has 1 aromatic heterocycles. The number of hydrogen-bond acceptors (Lipinski definition) is 5. The molecule has 2 unspecified atom stereocenters. The van der Waals surface area contributed by atoms with Crippen LogP contribution in [-0.4, -0.2) is 50.0 Å². The smallest absolute Gasteiger partial charge is 0.435 e. The van der Waals surface area contributed by atoms with Gasteiger partial charge in [0.05, 0.1) is 11.9 Å². The van der Waals surface area contributed by atoms with Crippen LogP contribution in [0, 0.1) is 5.92 Å². The van der Waals surface area contributed by atoms with Crippen molar-refractivity contribution >= 4 is 35.2 Å². The molecule has 1 aliphatic carbocycles. The van der Waals surface area contributed by atoms with Gasteiger partial charge in [-0.25, -0.2) is 4.79 Å². The summed E-state index contributed by atoms with van der Waals surface area (Å²) in [6.07, 6.45) is 4.49. The van der Waals surface area contributed by atoms with E-state index < -0.39 is 11.7 Å². The zero-order valence-corrected chi connectivity index (χ0v) is 19.9. The van der Waals surface area contributed by atoms with Crippen molar-refractivity contribution in [2.24, 2.45) is 5.92 Å². The summed E-state index contributed by atoms with van der Waals surface area (Å²) in [5.41, 5.74) is 1.94. The fourth-order valence-electron chi connectivity index (χ4n) is 4.58. The Morgan fingerprint density at radius 1 is 1.25 bits per heavy atom. The Labute approximate surface area is 197 Å². The summed E-state index contributed by atoms with van der Waals surface area (Å²) in [7, 11) is 0. The first-order valence-electron chi connectivity index (χ1n) is 10.8. The van der Waals surface area contributed by atoms with Crippen molar-refractivity contribution in [2.75, 3.05) is 6.54 Å². The standard InChI is InChI=1S/C23H27Cl2N3O4/c1-23(2,3)32-22(31)28-20-5-4-15(8-14(20)12-26-28)27-7-6-13(21(27)30)9-17-18(24)10-16(29)11-19(17)25/h10-13,15,29H,4-9H2,1-3H3. The van der Waals surface area contributed by atoms with Crippen molar-refractivity contribution in [1.29, 1.82) is 0 Å². The van der Waals surface area contributed by atoms with Crippen LogP contribution >= 0.6 is 23.2 Å². The summed E-state index contributed by atoms with van der Waals surface area (Å²) >= 11 is 12.5. The first-order chi connectivity index (χ1) is 15.0. The monoisotopic (exact) mass is 479 g/mol. The number of rotatable bonds is 3. The third-order valence-corrected chi connectivity index (χ3v) is 6.73. The summed E-state index contributed by atoms with van der Waals surface area (Å²) in [4.78, 5) is 27.6. The molecular weight excluding hydrogens is 453 g/mol. The quantitative estimate of drug-likeness (QED) is 0.693. The van der Waals surface area contributed by atoms with Crippen molar-refractivity contribution < 1.29 is 19.4 Å². The number of carbonyl (C=O) groups excluding carboxylic acids is 2. The van der Waals surface area contributed by atoms with Gasteiger partial charge in [-0.1, -0.05) is 23.2 Å². The van der Waals surface area contributed by atoms with Crippen LogP contribution in [0.1, 0.15) is 50.4 Å². The second kappa shape index (κ2) is 8.60. The van der Waals surface area contributed by atoms with Crippen molar-refractivity contribution in [3.63, 3.8) is 0 Å². The third kappa shape index (κ3) is 4.59. The van der Waals surface area contributed by atoms with Gasteiger partial charge in [-0.3, -0.25) is 4.79 Å². The minimum atomic E-state index is -0.590. The van der Waals surface area contributed by atoms with Gasteiger partial charge >= 0.3 is 6.09 Å². The van der Waals surface area contributed by atoms with E-state index in [1.807, 2.05) is 25.7 Å². The van der Waals surface area contributed by atoms with Crippen molar-refractivity contribution in [2.45, 2.75) is 64.5 Å². The fraction of sp³-hybridized carbons (Fsp3) is 0.522. The normalized spacial score (nSPS) is 21.0. The predicted octanol–water partition coefficient (Wildman–Crippen LogP) is 4.63. The number of likely N-dealkylation sites (tertiary alicyclic amines) is 1. The number of phenols is 1. The summed E-state index contributed by atoms with van der Waals surface area (Å²) in [6, 6.07) is 2.97. The second-order valence-corrected chi connectivity index (χ2v) is 10.3. The Kier molecular flexibility index (Phi) is 6.16. The topological polar surface area (TPSA) is 84.7 Å². The van der Waals surface area contributed by atoms with Gasteiger partial charge in [0.15, 0.2) is 0 Å². The van der Waals surface area contributed by atoms with E-state index in [0.29, 0.717) is 41.4 Å². The van der Waals surface area contributed by atoms with Crippen LogP contribution in [0.4, 0.5) is 4.79 Å². The molecule has 7 nitrogen and oxygen atoms in total. The van der Waals surface area contributed by atoms with Gasteiger partial charge in [-0.15, -0.1) is 0 Å². The lowest BCUT2D eigenvalue weighted by Gasteiger charge is -2.31. The van der Waals surface area contributed by atoms with Gasteiger partial charge in [0, 0.05) is 28.5 Å². The molecular formula is C23H27Cl2N3O4. The van der Waals surface area contributed by atoms with Crippen LogP contribution in [0.25, 0.3) is 0 Å². The minimum Gasteiger partial charge on any atom is -0.508 e. The lowest BCUT2D eigenvalue weighted by molar-refractivity contribution is -0.133. The average molecular weight is 480 g/mol. The molecule has 2 aromatic rings. The van der Waals surface area contributed by atoms with Crippen LogP contribution in [0.5, 0.6) is 5.75 Å². The molecule has 2 heterocycles. The molecule has 4 rings (SSSR count). The van der Waals surface area contributed by atoms with Crippen LogP contribution < -0.4 is 0 Å². The van der Waals surface area contributed by atoms with E-state index in [-0.39, 0.29) is 23.6 Å². The van der Waals surface area contributed by atoms with E-state index in [1.165, 1.54) is 16.8 Å². The summed E-state index contributed by atoms with van der Waals surface area (Å²) in [5, 5.41) is 14.6. The Morgan fingerprint density at radius 3 is 2.59 bits per heavy atom. The van der Waals surface area contributed by atoms with E-state index >= 15 is 0 Å². The second-order valence-electron chi connectivity index (χ2n) is 9.51. The molecule has 0 radical (unpaired) electrons. The Hall–Kier alpha value is -2.25. The zero-order chi connectivity index (χ0) is 23.2. The van der Waals surface area contributed by atoms with Gasteiger partial charge in [0.1, 0.15) is 11.4 Å². The highest BCUT2D eigenvalue weighted by Gasteiger charge is 2.38. The van der Waals surface area contributed by atoms with E-state index in [1.54, 1.807) is 6.20 Å². The number of ether oxygens (including phenoxy) is 1. The maximum atomic E-state index is 13.2. The molecule has 1 amide bonds. The molecule has 1 fully saturated rings. The summed E-state index contributed by atoms with van der Waals surface area (Å²) < 4.78 is 6.80. The number of carbonyl (C=O) groups is 2. The SMILES string of the molecule is CC(C)(C)OC(=O)n1ncc2c1CCC(N1CCC(Cc3c(Cl)cc(O)cc3Cl)C1=O)C2. The molecule has 0 bridgehead atoms. The van der Waals surface area contributed by atoms with Crippen LogP contribution in [-0.2, 0) is 28.8 Å². The summed E-state index contributed by atoms with van der Waals surface area (Å²) in [5.74, 6) is -0.0910. The molecule has 0 saturated carbocycles. The molecule has 1 aliphatic heterocycles. The number of benzene rings is 1. The number of amides is 1. The Balaban J connectivity index is 1.44. The third-order valence-electron chi connectivity index (χ3n) is 6.06. The number of aromatic hydroxyl groups is 1. The van der Waals surface area contributed by atoms with Gasteiger partial charge in [-0.2, -0.15) is 9.78 Å². The molecule has 1 N–H and O–H groups in total. The number of fused-ring (bicyclic) bond motifs is 1. The molecule has 2 aliphatic rings. The number of halogens is 2. The predicted molar refractivity (Wildman–Crippen MR) is 121 cm³/mol. The van der Waals surface area contributed by atoms with Gasteiger partial charge in [0.2, 0.25) is 5.91 Å². The molecule has 9 heteroatoms. The Bertz CT molecular complexity index is 1040. The molecule has 1 saturated heterocycles. The minimum absolute atomic E-state index is 0.00747. The highest BCUT2D eigenvalue weighted by Crippen LogP contribution is 2.35. The van der Waals surface area contributed by atoms with Gasteiger partial charge in [-0.05, 0) is 76.1 Å². The number of nitrogens with zero attached hydrogens (tertiary/aromatic N) is 3. The van der Waals surface area contributed by atoms with E-state index in [0.717, 1.165) is 24.1 Å². The highest BCUT2D eigenvalue weighted by atomic mass is 35.5. The zero-order valence-electron chi connectivity index (χ0n) is 18.4. The maximum absolute atomic E-state index is 13.2. The van der Waals surface area contributed by atoms with Crippen molar-refractivity contribution in [1.82, 2.24) is 14.7 Å². The lowest BCUT2D eigenvalue weighted by atomic mass is 9.92. The first-order valence-corrected chi connectivity index (χ1v) is 11.6. The fourth-order valence-corrected chi connectivity index (χ4v) is 5.21. The van der Waals surface area contributed by atoms with Gasteiger partial charge < -0.3 is 14.7 Å². The van der Waals surface area contributed by atoms with Crippen molar-refractivity contribution in [3.8, 4) is 5.75 Å². The highest BCUT2D eigenvalue weighted by molar-refractivity contribution is 6.36. The average Bonchev–Trinajstić information content (AvgIpc) is 3.26. The first kappa shape index (κ1) is 22.9. The Morgan fingerprint density at radius 2 is 1.94 bits per heavy atom. The maximum Gasteiger partial charge on any atom is 0.435 e.